The van der Waals surface area contributed by atoms with Gasteiger partial charge < -0.3 is 39.4 Å². The van der Waals surface area contributed by atoms with Gasteiger partial charge in [0.2, 0.25) is 0 Å². The first-order valence-electron chi connectivity index (χ1n) is 13.6. The molecule has 0 aromatic heterocycles. The van der Waals surface area contributed by atoms with E-state index in [9.17, 15) is 15.3 Å². The van der Waals surface area contributed by atoms with Crippen molar-refractivity contribution in [3.63, 3.8) is 0 Å². The van der Waals surface area contributed by atoms with Crippen molar-refractivity contribution in [1.82, 2.24) is 0 Å². The van der Waals surface area contributed by atoms with Gasteiger partial charge in [-0.15, -0.1) is 0 Å². The van der Waals surface area contributed by atoms with E-state index in [4.69, 9.17) is 24.1 Å². The van der Waals surface area contributed by atoms with Gasteiger partial charge >= 0.3 is 0 Å². The third kappa shape index (κ3) is 6.78. The van der Waals surface area contributed by atoms with Crippen LogP contribution in [0.1, 0.15) is 0 Å². The molecule has 6 aromatic rings. The van der Waals surface area contributed by atoms with E-state index < -0.39 is 0 Å². The van der Waals surface area contributed by atoms with Crippen LogP contribution in [-0.4, -0.2) is 25.2 Å². The second kappa shape index (κ2) is 12.3. The van der Waals surface area contributed by atoms with Crippen LogP contribution in [0.3, 0.4) is 0 Å². The van der Waals surface area contributed by atoms with Crippen LogP contribution < -0.4 is 14.2 Å². The Kier molecular flexibility index (Phi) is 7.79. The molecule has 44 heavy (non-hydrogen) atoms. The van der Waals surface area contributed by atoms with Crippen LogP contribution in [0.25, 0.3) is 11.1 Å². The Morgan fingerprint density at radius 3 is 1.75 bits per heavy atom. The molecule has 0 saturated heterocycles. The molecule has 6 rings (SSSR count). The zero-order valence-corrected chi connectivity index (χ0v) is 23.2. The van der Waals surface area contributed by atoms with Gasteiger partial charge in [0.05, 0.1) is 5.56 Å². The van der Waals surface area contributed by atoms with Gasteiger partial charge in [-0.2, -0.15) is 0 Å². The predicted octanol–water partition coefficient (Wildman–Crippen LogP) is 8.94. The van der Waals surface area contributed by atoms with E-state index in [-0.39, 0.29) is 23.0 Å². The Labute approximate surface area is 252 Å². The van der Waals surface area contributed by atoms with Crippen molar-refractivity contribution in [3.05, 3.63) is 133 Å². The minimum Gasteiger partial charge on any atom is -0.593 e. The highest BCUT2D eigenvalue weighted by atomic mass is 16.5. The smallest absolute Gasteiger partial charge is 0.278 e. The molecular weight excluding hydrogens is 560 g/mol. The third-order valence-corrected chi connectivity index (χ3v) is 6.50. The van der Waals surface area contributed by atoms with Crippen molar-refractivity contribution < 1.29 is 39.4 Å². The van der Waals surface area contributed by atoms with Crippen molar-refractivity contribution in [1.29, 1.82) is 0 Å². The monoisotopic (exact) mass is 588 g/mol. The van der Waals surface area contributed by atoms with Gasteiger partial charge in [0.25, 0.3) is 17.2 Å². The topological polar surface area (TPSA) is 124 Å². The van der Waals surface area contributed by atoms with E-state index in [1.165, 1.54) is 12.1 Å². The summed E-state index contributed by atoms with van der Waals surface area (Å²) in [6, 6.07) is 37.1. The van der Waals surface area contributed by atoms with E-state index in [0.29, 0.717) is 57.1 Å². The van der Waals surface area contributed by atoms with Gasteiger partial charge in [-0.3, -0.25) is 0 Å². The summed E-state index contributed by atoms with van der Waals surface area (Å²) >= 11 is 0. The van der Waals surface area contributed by atoms with Crippen LogP contribution in [0.4, 0.5) is 0 Å². The number of phenolic OH excluding ortho intramolecular Hbond substituents is 3. The molecule has 8 heteroatoms. The highest BCUT2D eigenvalue weighted by Gasteiger charge is 2.20. The molecule has 8 nitrogen and oxygen atoms in total. The van der Waals surface area contributed by atoms with E-state index in [2.05, 4.69) is 0 Å². The first-order chi connectivity index (χ1) is 21.4. The second-order valence-corrected chi connectivity index (χ2v) is 9.79. The molecule has 0 radical (unpaired) electrons. The molecule has 0 aliphatic carbocycles. The summed E-state index contributed by atoms with van der Waals surface area (Å²) < 4.78 is 22.8. The van der Waals surface area contributed by atoms with Crippen molar-refractivity contribution in [2.24, 2.45) is 0 Å². The van der Waals surface area contributed by atoms with Crippen molar-refractivity contribution >= 4 is 0 Å². The van der Waals surface area contributed by atoms with Crippen LogP contribution in [0.2, 0.25) is 0 Å². The first-order valence-corrected chi connectivity index (χ1v) is 13.6. The van der Waals surface area contributed by atoms with Gasteiger partial charge in [0.1, 0.15) is 57.8 Å². The summed E-state index contributed by atoms with van der Waals surface area (Å²) in [4.78, 5) is 0. The Hall–Kier alpha value is -6.28. The minimum atomic E-state index is 0.0473. The average Bonchev–Trinajstić information content (AvgIpc) is 3.01. The molecule has 0 aliphatic heterocycles. The van der Waals surface area contributed by atoms with Crippen LogP contribution in [0, 0.1) is 0 Å². The van der Waals surface area contributed by atoms with Gasteiger partial charge in [0.15, 0.2) is 0 Å². The molecule has 0 atom stereocenters. The molecule has 0 bridgehead atoms. The Morgan fingerprint density at radius 1 is 0.455 bits per heavy atom. The predicted molar refractivity (Wildman–Crippen MR) is 167 cm³/mol. The maximum absolute atomic E-state index is 10.4. The van der Waals surface area contributed by atoms with Crippen LogP contribution in [0.5, 0.6) is 69.0 Å². The fourth-order valence-electron chi connectivity index (χ4n) is 4.46. The number of aromatic hydroxyl groups is 5. The summed E-state index contributed by atoms with van der Waals surface area (Å²) in [5.74, 6) is 4.88. The zero-order valence-electron chi connectivity index (χ0n) is 23.2. The fourth-order valence-corrected chi connectivity index (χ4v) is 4.46. The molecule has 0 fully saturated rings. The molecule has 0 heterocycles. The van der Waals surface area contributed by atoms with Gasteiger partial charge in [-0.1, -0.05) is 12.1 Å². The SMILES string of the molecule is Oc1ccc(Oc2cccc(Oc3ccc(O)cc3-c3ccc([OH2+])cc3[OH+]c3ccc(Oc4cccc(O)c4)cc3)c2)cc1. The first kappa shape index (κ1) is 27.9. The fraction of sp³-hybridized carbons (Fsp3) is 0. The Morgan fingerprint density at radius 2 is 1.05 bits per heavy atom. The maximum atomic E-state index is 10.4. The zero-order chi connectivity index (χ0) is 30.5. The van der Waals surface area contributed by atoms with Gasteiger partial charge in [0, 0.05) is 35.9 Å². The Bertz CT molecular complexity index is 1900. The number of benzene rings is 6. The summed E-state index contributed by atoms with van der Waals surface area (Å²) in [6.45, 7) is 0. The molecule has 0 amide bonds. The standard InChI is InChI=1S/C36H26O8/c37-23-7-11-27(12-8-23)42-31-5-2-6-32(22-31)44-35-18-10-25(39)20-34(35)33-17-9-26(40)21-36(33)43-29-15-13-28(14-16-29)41-30-4-1-3-24(38)19-30/h1-22,37-40H/p+2. The quantitative estimate of drug-likeness (QED) is 0.145. The van der Waals surface area contributed by atoms with E-state index in [0.717, 1.165) is 0 Å². The number of ether oxygens (including phenoxy) is 4. The summed E-state index contributed by atoms with van der Waals surface area (Å²) in [6.07, 6.45) is 0. The van der Waals surface area contributed by atoms with Crippen molar-refractivity contribution in [3.8, 4) is 80.1 Å². The van der Waals surface area contributed by atoms with E-state index in [1.54, 1.807) is 121 Å². The molecule has 0 aliphatic rings. The lowest BCUT2D eigenvalue weighted by Gasteiger charge is -2.14. The van der Waals surface area contributed by atoms with Crippen LogP contribution >= 0.6 is 0 Å². The number of hydrogen-bond donors (Lipinski definition) is 3. The molecule has 6 aromatic carbocycles. The molecule has 6 N–H and O–H groups in total. The summed E-state index contributed by atoms with van der Waals surface area (Å²) in [5, 5.41) is 37.9. The Balaban J connectivity index is 1.26. The van der Waals surface area contributed by atoms with Crippen LogP contribution in [-0.2, 0) is 0 Å². The summed E-state index contributed by atoms with van der Waals surface area (Å²) in [5.41, 5.74) is 1.24. The number of hydrogen-bond acceptors (Lipinski definition) is 6. The third-order valence-electron chi connectivity index (χ3n) is 6.50. The summed E-state index contributed by atoms with van der Waals surface area (Å²) in [7, 11) is 0. The van der Waals surface area contributed by atoms with E-state index >= 15 is 0 Å². The van der Waals surface area contributed by atoms with Crippen LogP contribution in [0.15, 0.2) is 133 Å². The molecular formula is C36H28O8+2. The molecule has 218 valence electrons. The van der Waals surface area contributed by atoms with E-state index in [1.807, 2.05) is 0 Å². The number of phenols is 3. The van der Waals surface area contributed by atoms with Crippen molar-refractivity contribution in [2.45, 2.75) is 0 Å². The lowest BCUT2D eigenvalue weighted by Crippen LogP contribution is -1.92. The lowest BCUT2D eigenvalue weighted by atomic mass is 10.0. The average molecular weight is 589 g/mol. The van der Waals surface area contributed by atoms with Gasteiger partial charge in [-0.05, 0) is 84.9 Å². The largest absolute Gasteiger partial charge is 0.593 e. The lowest BCUT2D eigenvalue weighted by molar-refractivity contribution is 0.199. The maximum Gasteiger partial charge on any atom is 0.278 e. The normalized spacial score (nSPS) is 10.6. The molecule has 0 spiro atoms. The van der Waals surface area contributed by atoms with Gasteiger partial charge in [-0.25, -0.2) is 0 Å². The highest BCUT2D eigenvalue weighted by Crippen LogP contribution is 2.44. The number of rotatable bonds is 9. The van der Waals surface area contributed by atoms with Crippen molar-refractivity contribution in [2.75, 3.05) is 0 Å². The molecule has 0 saturated carbocycles. The molecule has 0 unspecified atom stereocenters. The highest BCUT2D eigenvalue weighted by molar-refractivity contribution is 5.78. The minimum absolute atomic E-state index is 0.0473. The second-order valence-electron chi connectivity index (χ2n) is 9.79.